The van der Waals surface area contributed by atoms with Gasteiger partial charge in [0.25, 0.3) is 0 Å². The van der Waals surface area contributed by atoms with Crippen LogP contribution in [0.2, 0.25) is 0 Å². The van der Waals surface area contributed by atoms with Gasteiger partial charge in [0, 0.05) is 6.20 Å². The molecule has 0 aliphatic heterocycles. The number of imidazole rings is 1. The molecule has 0 bridgehead atoms. The Morgan fingerprint density at radius 3 is 3.06 bits per heavy atom. The van der Waals surface area contributed by atoms with Gasteiger partial charge in [-0.05, 0) is 29.1 Å². The van der Waals surface area contributed by atoms with E-state index in [9.17, 15) is 4.79 Å². The average Bonchev–Trinajstić information content (AvgIpc) is 2.70. The van der Waals surface area contributed by atoms with Gasteiger partial charge in [0.1, 0.15) is 9.63 Å². The smallest absolute Gasteiger partial charge is 0.358 e. The zero-order chi connectivity index (χ0) is 12.4. The number of thioether (sulfide) groups is 1. The molecular formula is C10H10BrN3O2S. The number of carbonyl (C=O) groups is 1. The Morgan fingerprint density at radius 2 is 2.41 bits per heavy atom. The lowest BCUT2D eigenvalue weighted by Crippen LogP contribution is -2.09. The fourth-order valence-corrected chi connectivity index (χ4v) is 2.27. The van der Waals surface area contributed by atoms with Crippen LogP contribution in [0.3, 0.4) is 0 Å². The van der Waals surface area contributed by atoms with Gasteiger partial charge in [0.05, 0.1) is 12.8 Å². The number of halogens is 1. The summed E-state index contributed by atoms with van der Waals surface area (Å²) in [5, 5.41) is 0.696. The molecule has 0 atom stereocenters. The molecular weight excluding hydrogens is 306 g/mol. The molecule has 0 unspecified atom stereocenters. The van der Waals surface area contributed by atoms with Crippen LogP contribution in [0.1, 0.15) is 17.4 Å². The molecule has 0 aliphatic rings. The van der Waals surface area contributed by atoms with E-state index in [1.165, 1.54) is 11.8 Å². The first-order valence-corrected chi connectivity index (χ1v) is 6.93. The second-order valence-corrected chi connectivity index (χ2v) is 4.74. The molecule has 0 amide bonds. The van der Waals surface area contributed by atoms with Crippen LogP contribution in [-0.4, -0.2) is 33.2 Å². The van der Waals surface area contributed by atoms with E-state index in [1.54, 1.807) is 23.7 Å². The molecule has 17 heavy (non-hydrogen) atoms. The third-order valence-corrected chi connectivity index (χ3v) is 3.34. The van der Waals surface area contributed by atoms with Gasteiger partial charge in [0.15, 0.2) is 11.3 Å². The van der Waals surface area contributed by atoms with Crippen LogP contribution in [0, 0.1) is 0 Å². The Kier molecular flexibility index (Phi) is 3.68. The first kappa shape index (κ1) is 12.4. The quantitative estimate of drug-likeness (QED) is 0.643. The molecule has 0 spiro atoms. The molecule has 0 saturated heterocycles. The molecule has 0 fully saturated rings. The van der Waals surface area contributed by atoms with E-state index in [4.69, 9.17) is 4.74 Å². The van der Waals surface area contributed by atoms with E-state index in [0.717, 1.165) is 10.3 Å². The van der Waals surface area contributed by atoms with Crippen molar-refractivity contribution in [2.75, 3.05) is 12.9 Å². The summed E-state index contributed by atoms with van der Waals surface area (Å²) < 4.78 is 7.48. The van der Waals surface area contributed by atoms with Crippen LogP contribution in [0.15, 0.2) is 22.0 Å². The van der Waals surface area contributed by atoms with Crippen molar-refractivity contribution in [3.05, 3.63) is 22.7 Å². The van der Waals surface area contributed by atoms with Crippen molar-refractivity contribution >= 4 is 39.3 Å². The largest absolute Gasteiger partial charge is 0.461 e. The fraction of sp³-hybridized carbons (Fsp3) is 0.300. The molecule has 5 nitrogen and oxygen atoms in total. The number of hydrogen-bond donors (Lipinski definition) is 0. The van der Waals surface area contributed by atoms with Gasteiger partial charge in [-0.2, -0.15) is 0 Å². The summed E-state index contributed by atoms with van der Waals surface area (Å²) in [5.74, 6) is -0.426. The summed E-state index contributed by atoms with van der Waals surface area (Å²) in [6, 6.07) is 0. The summed E-state index contributed by atoms with van der Waals surface area (Å²) in [6.07, 6.45) is 5.18. The van der Waals surface area contributed by atoms with Crippen LogP contribution < -0.4 is 0 Å². The second-order valence-electron chi connectivity index (χ2n) is 3.13. The first-order valence-electron chi connectivity index (χ1n) is 4.92. The van der Waals surface area contributed by atoms with Crippen molar-refractivity contribution in [2.45, 2.75) is 11.9 Å². The van der Waals surface area contributed by atoms with Gasteiger partial charge in [-0.3, -0.25) is 4.40 Å². The van der Waals surface area contributed by atoms with E-state index < -0.39 is 5.97 Å². The monoisotopic (exact) mass is 315 g/mol. The summed E-state index contributed by atoms with van der Waals surface area (Å²) in [7, 11) is 0. The van der Waals surface area contributed by atoms with Gasteiger partial charge >= 0.3 is 5.97 Å². The third kappa shape index (κ3) is 2.30. The highest BCUT2D eigenvalue weighted by Crippen LogP contribution is 2.22. The topological polar surface area (TPSA) is 56.5 Å². The Bertz CT molecular complexity index is 570. The van der Waals surface area contributed by atoms with Crippen molar-refractivity contribution in [1.82, 2.24) is 14.4 Å². The molecule has 90 valence electrons. The Morgan fingerprint density at radius 1 is 1.65 bits per heavy atom. The minimum atomic E-state index is -0.426. The van der Waals surface area contributed by atoms with Crippen LogP contribution >= 0.6 is 27.7 Å². The predicted molar refractivity (Wildman–Crippen MR) is 68.4 cm³/mol. The number of fused-ring (bicyclic) bond motifs is 1. The van der Waals surface area contributed by atoms with Crippen LogP contribution in [0.4, 0.5) is 0 Å². The fourth-order valence-electron chi connectivity index (χ4n) is 1.37. The standard InChI is InChI=1S/C10H10BrN3O2S/c1-3-16-10(15)6-5-14-7(11)4-12-8(14)9(13-6)17-2/h4-5H,3H2,1-2H3. The van der Waals surface area contributed by atoms with E-state index in [-0.39, 0.29) is 5.69 Å². The molecule has 0 radical (unpaired) electrons. The highest BCUT2D eigenvalue weighted by Gasteiger charge is 2.15. The van der Waals surface area contributed by atoms with Gasteiger partial charge in [-0.1, -0.05) is 0 Å². The van der Waals surface area contributed by atoms with Crippen LogP contribution in [0.5, 0.6) is 0 Å². The highest BCUT2D eigenvalue weighted by atomic mass is 79.9. The zero-order valence-electron chi connectivity index (χ0n) is 9.31. The zero-order valence-corrected chi connectivity index (χ0v) is 11.7. The van der Waals surface area contributed by atoms with Gasteiger partial charge < -0.3 is 4.74 Å². The highest BCUT2D eigenvalue weighted by molar-refractivity contribution is 9.10. The molecule has 2 aromatic rings. The minimum Gasteiger partial charge on any atom is -0.461 e. The summed E-state index contributed by atoms with van der Waals surface area (Å²) in [6.45, 7) is 2.09. The number of rotatable bonds is 3. The number of ether oxygens (including phenoxy) is 1. The van der Waals surface area contributed by atoms with E-state index in [2.05, 4.69) is 25.9 Å². The molecule has 0 N–H and O–H groups in total. The summed E-state index contributed by atoms with van der Waals surface area (Å²) in [4.78, 5) is 20.1. The molecule has 2 aromatic heterocycles. The van der Waals surface area contributed by atoms with Gasteiger partial charge in [-0.15, -0.1) is 11.8 Å². The molecule has 2 rings (SSSR count). The first-order chi connectivity index (χ1) is 8.17. The van der Waals surface area contributed by atoms with Crippen LogP contribution in [0.25, 0.3) is 5.65 Å². The average molecular weight is 316 g/mol. The van der Waals surface area contributed by atoms with Crippen molar-refractivity contribution in [1.29, 1.82) is 0 Å². The second kappa shape index (κ2) is 5.05. The molecule has 0 saturated carbocycles. The lowest BCUT2D eigenvalue weighted by Gasteiger charge is -2.05. The Labute approximate surface area is 111 Å². The van der Waals surface area contributed by atoms with Crippen LogP contribution in [-0.2, 0) is 4.74 Å². The van der Waals surface area contributed by atoms with Crippen molar-refractivity contribution in [3.63, 3.8) is 0 Å². The molecule has 2 heterocycles. The van der Waals surface area contributed by atoms with Crippen molar-refractivity contribution < 1.29 is 9.53 Å². The van der Waals surface area contributed by atoms with Crippen molar-refractivity contribution in [2.24, 2.45) is 0 Å². The summed E-state index contributed by atoms with van der Waals surface area (Å²) in [5.41, 5.74) is 1.000. The third-order valence-electron chi connectivity index (χ3n) is 2.09. The lowest BCUT2D eigenvalue weighted by atomic mass is 10.4. The molecule has 0 aliphatic carbocycles. The number of hydrogen-bond acceptors (Lipinski definition) is 5. The van der Waals surface area contributed by atoms with E-state index in [0.29, 0.717) is 11.6 Å². The SMILES string of the molecule is CCOC(=O)c1cn2c(Br)cnc2c(SC)n1. The maximum Gasteiger partial charge on any atom is 0.358 e. The maximum absolute atomic E-state index is 11.6. The van der Waals surface area contributed by atoms with Gasteiger partial charge in [0.2, 0.25) is 0 Å². The number of nitrogens with zero attached hydrogens (tertiary/aromatic N) is 3. The minimum absolute atomic E-state index is 0.280. The Balaban J connectivity index is 2.58. The molecule has 0 aromatic carbocycles. The number of esters is 1. The Hall–Kier alpha value is -1.08. The van der Waals surface area contributed by atoms with E-state index >= 15 is 0 Å². The van der Waals surface area contributed by atoms with Crippen molar-refractivity contribution in [3.8, 4) is 0 Å². The van der Waals surface area contributed by atoms with E-state index in [1.807, 2.05) is 6.26 Å². The normalized spacial score (nSPS) is 10.8. The number of carbonyl (C=O) groups excluding carboxylic acids is 1. The number of aromatic nitrogens is 3. The maximum atomic E-state index is 11.6. The summed E-state index contributed by atoms with van der Waals surface area (Å²) >= 11 is 4.80. The van der Waals surface area contributed by atoms with Gasteiger partial charge in [-0.25, -0.2) is 14.8 Å². The predicted octanol–water partition coefficient (Wildman–Crippen LogP) is 2.39. The lowest BCUT2D eigenvalue weighted by molar-refractivity contribution is 0.0518. The molecule has 7 heteroatoms.